The number of benzene rings is 1. The zero-order chi connectivity index (χ0) is 30.1. The number of hydrogen-bond donors (Lipinski definition) is 5. The van der Waals surface area contributed by atoms with E-state index in [9.17, 15) is 28.8 Å². The van der Waals surface area contributed by atoms with E-state index >= 15 is 0 Å². The third-order valence-electron chi connectivity index (χ3n) is 8.30. The molecule has 0 radical (unpaired) electrons. The number of rotatable bonds is 15. The molecule has 11 heteroatoms. The molecule has 0 spiro atoms. The summed E-state index contributed by atoms with van der Waals surface area (Å²) in [7, 11) is 0. The smallest absolute Gasteiger partial charge is 0.289 e. The highest BCUT2D eigenvalue weighted by Crippen LogP contribution is 2.25. The SMILES string of the molecule is CCC[C@H](NC(=O)[C@@H](Cc1ccccc1)NC(=O)C1CCCC1)C(=O)N[C@@H](C[C@@H]1CCNC1=O)C(=O)C(=O)NC1CC1. The summed E-state index contributed by atoms with van der Waals surface area (Å²) >= 11 is 0. The van der Waals surface area contributed by atoms with E-state index in [2.05, 4.69) is 26.6 Å². The molecule has 4 atom stereocenters. The number of Topliss-reactive ketones (excluding diaryl/α,β-unsaturated/α-hetero) is 1. The van der Waals surface area contributed by atoms with Gasteiger partial charge in [-0.25, -0.2) is 0 Å². The Labute approximate surface area is 246 Å². The van der Waals surface area contributed by atoms with Gasteiger partial charge in [-0.1, -0.05) is 56.5 Å². The van der Waals surface area contributed by atoms with Crippen molar-refractivity contribution in [3.63, 3.8) is 0 Å². The molecule has 1 heterocycles. The molecular weight excluding hydrogens is 538 g/mol. The summed E-state index contributed by atoms with van der Waals surface area (Å²) in [6.45, 7) is 2.33. The molecule has 2 saturated carbocycles. The Kier molecular flexibility index (Phi) is 11.1. The summed E-state index contributed by atoms with van der Waals surface area (Å²) in [6, 6.07) is 6.20. The normalized spacial score (nSPS) is 20.6. The van der Waals surface area contributed by atoms with Crippen LogP contribution in [0.2, 0.25) is 0 Å². The topological polar surface area (TPSA) is 163 Å². The highest BCUT2D eigenvalue weighted by Gasteiger charge is 2.37. The molecule has 1 aromatic rings. The Bertz CT molecular complexity index is 1150. The van der Waals surface area contributed by atoms with Crippen molar-refractivity contribution in [3.05, 3.63) is 35.9 Å². The van der Waals surface area contributed by atoms with Crippen LogP contribution in [0.1, 0.15) is 76.7 Å². The molecule has 5 amide bonds. The molecule has 3 fully saturated rings. The molecular formula is C31H43N5O6. The maximum atomic E-state index is 13.6. The van der Waals surface area contributed by atoms with E-state index in [4.69, 9.17) is 0 Å². The Balaban J connectivity index is 1.46. The van der Waals surface area contributed by atoms with Gasteiger partial charge >= 0.3 is 0 Å². The first-order valence-corrected chi connectivity index (χ1v) is 15.3. The lowest BCUT2D eigenvalue weighted by atomic mass is 9.95. The number of ketones is 1. The van der Waals surface area contributed by atoms with Crippen molar-refractivity contribution in [2.75, 3.05) is 6.54 Å². The van der Waals surface area contributed by atoms with Crippen LogP contribution in [0.15, 0.2) is 30.3 Å². The summed E-state index contributed by atoms with van der Waals surface area (Å²) in [6.07, 6.45) is 6.72. The fourth-order valence-electron chi connectivity index (χ4n) is 5.67. The van der Waals surface area contributed by atoms with Crippen molar-refractivity contribution in [1.29, 1.82) is 0 Å². The number of amides is 5. The quantitative estimate of drug-likeness (QED) is 0.195. The number of carbonyl (C=O) groups excluding carboxylic acids is 6. The van der Waals surface area contributed by atoms with Gasteiger partial charge in [-0.3, -0.25) is 28.8 Å². The first-order chi connectivity index (χ1) is 20.2. The van der Waals surface area contributed by atoms with E-state index in [-0.39, 0.29) is 43.0 Å². The maximum absolute atomic E-state index is 13.6. The second-order valence-electron chi connectivity index (χ2n) is 11.8. The Hall–Kier alpha value is -3.76. The summed E-state index contributed by atoms with van der Waals surface area (Å²) in [5.74, 6) is -3.71. The molecule has 1 saturated heterocycles. The third-order valence-corrected chi connectivity index (χ3v) is 8.30. The minimum atomic E-state index is -1.21. The van der Waals surface area contributed by atoms with Crippen LogP contribution in [-0.2, 0) is 35.2 Å². The third kappa shape index (κ3) is 8.87. The molecule has 4 rings (SSSR count). The molecule has 42 heavy (non-hydrogen) atoms. The molecule has 1 aromatic carbocycles. The lowest BCUT2D eigenvalue weighted by Gasteiger charge is -2.26. The zero-order valence-electron chi connectivity index (χ0n) is 24.3. The average molecular weight is 582 g/mol. The van der Waals surface area contributed by atoms with Gasteiger partial charge in [0.05, 0.1) is 6.04 Å². The summed E-state index contributed by atoms with van der Waals surface area (Å²) in [5.41, 5.74) is 0.864. The van der Waals surface area contributed by atoms with Gasteiger partial charge in [0, 0.05) is 30.8 Å². The minimum absolute atomic E-state index is 0.00460. The largest absolute Gasteiger partial charge is 0.356 e. The molecule has 0 bridgehead atoms. The van der Waals surface area contributed by atoms with Crippen molar-refractivity contribution in [1.82, 2.24) is 26.6 Å². The second-order valence-corrected chi connectivity index (χ2v) is 11.8. The van der Waals surface area contributed by atoms with Gasteiger partial charge in [-0.05, 0) is 50.5 Å². The molecule has 2 aliphatic carbocycles. The first-order valence-electron chi connectivity index (χ1n) is 15.3. The summed E-state index contributed by atoms with van der Waals surface area (Å²) in [5, 5.41) is 13.8. The van der Waals surface area contributed by atoms with Crippen LogP contribution >= 0.6 is 0 Å². The predicted octanol–water partition coefficient (Wildman–Crippen LogP) is 1.05. The van der Waals surface area contributed by atoms with Crippen LogP contribution in [0, 0.1) is 11.8 Å². The van der Waals surface area contributed by atoms with Crippen molar-refractivity contribution in [2.24, 2.45) is 11.8 Å². The van der Waals surface area contributed by atoms with Crippen LogP contribution in [0.5, 0.6) is 0 Å². The number of carbonyl (C=O) groups is 6. The zero-order valence-corrected chi connectivity index (χ0v) is 24.3. The summed E-state index contributed by atoms with van der Waals surface area (Å²) in [4.78, 5) is 78.0. The molecule has 11 nitrogen and oxygen atoms in total. The molecule has 228 valence electrons. The van der Waals surface area contributed by atoms with Crippen LogP contribution in [-0.4, -0.2) is 66.0 Å². The molecule has 1 aliphatic heterocycles. The van der Waals surface area contributed by atoms with Crippen LogP contribution in [0.25, 0.3) is 0 Å². The lowest BCUT2D eigenvalue weighted by molar-refractivity contribution is -0.141. The van der Waals surface area contributed by atoms with E-state index in [0.717, 1.165) is 44.1 Å². The van der Waals surface area contributed by atoms with Gasteiger partial charge in [-0.15, -0.1) is 0 Å². The van der Waals surface area contributed by atoms with Crippen molar-refractivity contribution in [3.8, 4) is 0 Å². The number of hydrogen-bond acceptors (Lipinski definition) is 6. The Morgan fingerprint density at radius 3 is 2.14 bits per heavy atom. The van der Waals surface area contributed by atoms with Gasteiger partial charge in [0.15, 0.2) is 0 Å². The Morgan fingerprint density at radius 1 is 0.857 bits per heavy atom. The van der Waals surface area contributed by atoms with Gasteiger partial charge < -0.3 is 26.6 Å². The highest BCUT2D eigenvalue weighted by atomic mass is 16.2. The van der Waals surface area contributed by atoms with Gasteiger partial charge in [-0.2, -0.15) is 0 Å². The van der Waals surface area contributed by atoms with E-state index < -0.39 is 47.5 Å². The van der Waals surface area contributed by atoms with E-state index in [1.54, 1.807) is 0 Å². The van der Waals surface area contributed by atoms with Crippen LogP contribution in [0.4, 0.5) is 0 Å². The van der Waals surface area contributed by atoms with E-state index in [1.165, 1.54) is 0 Å². The van der Waals surface area contributed by atoms with Gasteiger partial charge in [0.2, 0.25) is 29.4 Å². The van der Waals surface area contributed by atoms with Crippen molar-refractivity contribution >= 4 is 35.3 Å². The average Bonchev–Trinajstić information content (AvgIpc) is 3.43. The molecule has 5 N–H and O–H groups in total. The van der Waals surface area contributed by atoms with Gasteiger partial charge in [0.1, 0.15) is 12.1 Å². The van der Waals surface area contributed by atoms with Crippen molar-refractivity contribution < 1.29 is 28.8 Å². The Morgan fingerprint density at radius 2 is 1.52 bits per heavy atom. The second kappa shape index (κ2) is 14.9. The standard InChI is InChI=1S/C31H43N5O6/c1-2-8-23(29(40)35-24(18-21-15-16-32-27(21)38)26(37)31(42)33-22-13-14-22)34-30(41)25(17-19-9-4-3-5-10-19)36-28(39)20-11-6-7-12-20/h3-5,9-10,20-25H,2,6-8,11-18H2,1H3,(H,32,38)(H,33,42)(H,34,41)(H,35,40)(H,36,39)/t21-,23-,24-,25+/m0/s1. The molecule has 3 aliphatic rings. The predicted molar refractivity (Wildman–Crippen MR) is 155 cm³/mol. The van der Waals surface area contributed by atoms with Gasteiger partial charge in [0.25, 0.3) is 5.91 Å². The monoisotopic (exact) mass is 581 g/mol. The minimum Gasteiger partial charge on any atom is -0.356 e. The fraction of sp³-hybridized carbons (Fsp3) is 0.613. The van der Waals surface area contributed by atoms with Crippen LogP contribution < -0.4 is 26.6 Å². The highest BCUT2D eigenvalue weighted by molar-refractivity contribution is 6.38. The fourth-order valence-corrected chi connectivity index (χ4v) is 5.67. The summed E-state index contributed by atoms with van der Waals surface area (Å²) < 4.78 is 0. The number of nitrogens with one attached hydrogen (secondary N) is 5. The van der Waals surface area contributed by atoms with Crippen LogP contribution in [0.3, 0.4) is 0 Å². The first kappa shape index (κ1) is 31.2. The van der Waals surface area contributed by atoms with Crippen molar-refractivity contribution in [2.45, 2.75) is 102 Å². The lowest BCUT2D eigenvalue weighted by Crippen LogP contribution is -2.57. The van der Waals surface area contributed by atoms with E-state index in [1.807, 2.05) is 37.3 Å². The maximum Gasteiger partial charge on any atom is 0.289 e. The molecule has 0 aromatic heterocycles. The molecule has 0 unspecified atom stereocenters. The van der Waals surface area contributed by atoms with E-state index in [0.29, 0.717) is 19.4 Å².